The van der Waals surface area contributed by atoms with Gasteiger partial charge >= 0.3 is 5.97 Å². The molecule has 0 atom stereocenters. The molecule has 18 heavy (non-hydrogen) atoms. The van der Waals surface area contributed by atoms with Gasteiger partial charge in [0.05, 0.1) is 11.8 Å². The van der Waals surface area contributed by atoms with Crippen LogP contribution in [0.15, 0.2) is 12.4 Å². The second-order valence-corrected chi connectivity index (χ2v) is 4.63. The van der Waals surface area contributed by atoms with Gasteiger partial charge in [-0.25, -0.2) is 0 Å². The minimum absolute atomic E-state index is 0.168. The Morgan fingerprint density at radius 3 is 2.78 bits per heavy atom. The molecule has 6 nitrogen and oxygen atoms in total. The number of aliphatic carboxylic acids is 1. The first-order valence-electron chi connectivity index (χ1n) is 6.20. The van der Waals surface area contributed by atoms with Crippen LogP contribution in [0.4, 0.5) is 0 Å². The van der Waals surface area contributed by atoms with Gasteiger partial charge in [-0.05, 0) is 12.8 Å². The molecular weight excluding hydrogens is 234 g/mol. The maximum absolute atomic E-state index is 11.9. The van der Waals surface area contributed by atoms with E-state index in [1.807, 2.05) is 0 Å². The van der Waals surface area contributed by atoms with E-state index in [1.54, 1.807) is 0 Å². The zero-order valence-corrected chi connectivity index (χ0v) is 10.1. The van der Waals surface area contributed by atoms with Crippen molar-refractivity contribution in [1.29, 1.82) is 0 Å². The van der Waals surface area contributed by atoms with Crippen molar-refractivity contribution in [3.05, 3.63) is 18.0 Å². The number of carboxylic acid groups (broad SMARTS) is 1. The number of amides is 1. The molecule has 1 aromatic rings. The van der Waals surface area contributed by atoms with Crippen LogP contribution in [-0.2, 0) is 11.3 Å². The Bertz CT molecular complexity index is 436. The summed E-state index contributed by atoms with van der Waals surface area (Å²) in [4.78, 5) is 22.4. The summed E-state index contributed by atoms with van der Waals surface area (Å²) in [7, 11) is 0. The Hall–Kier alpha value is -1.85. The fraction of sp³-hybridized carbons (Fsp3) is 0.583. The molecule has 2 N–H and O–H groups in total. The smallest absolute Gasteiger partial charge is 0.325 e. The zero-order valence-electron chi connectivity index (χ0n) is 10.1. The lowest BCUT2D eigenvalue weighted by Crippen LogP contribution is -2.36. The van der Waals surface area contributed by atoms with Crippen molar-refractivity contribution in [3.63, 3.8) is 0 Å². The normalized spacial score (nSPS) is 16.4. The molecule has 1 fully saturated rings. The van der Waals surface area contributed by atoms with Gasteiger partial charge in [0.2, 0.25) is 0 Å². The number of carbonyl (C=O) groups is 2. The van der Waals surface area contributed by atoms with Gasteiger partial charge in [-0.3, -0.25) is 14.3 Å². The molecule has 6 heteroatoms. The largest absolute Gasteiger partial charge is 0.480 e. The Morgan fingerprint density at radius 2 is 2.11 bits per heavy atom. The van der Waals surface area contributed by atoms with Crippen molar-refractivity contribution >= 4 is 11.9 Å². The van der Waals surface area contributed by atoms with Gasteiger partial charge in [-0.15, -0.1) is 0 Å². The molecule has 0 radical (unpaired) electrons. The number of nitrogens with zero attached hydrogens (tertiary/aromatic N) is 2. The van der Waals surface area contributed by atoms with E-state index in [0.29, 0.717) is 5.56 Å². The van der Waals surface area contributed by atoms with E-state index in [4.69, 9.17) is 5.11 Å². The molecule has 0 saturated heterocycles. The van der Waals surface area contributed by atoms with Crippen molar-refractivity contribution in [1.82, 2.24) is 15.1 Å². The van der Waals surface area contributed by atoms with Crippen LogP contribution >= 0.6 is 0 Å². The van der Waals surface area contributed by atoms with E-state index >= 15 is 0 Å². The van der Waals surface area contributed by atoms with E-state index in [9.17, 15) is 9.59 Å². The van der Waals surface area contributed by atoms with Gasteiger partial charge in [0.1, 0.15) is 6.54 Å². The summed E-state index contributed by atoms with van der Waals surface area (Å²) in [5, 5.41) is 15.4. The third kappa shape index (κ3) is 3.32. The number of nitrogens with one attached hydrogen (secondary N) is 1. The molecule has 2 rings (SSSR count). The molecule has 1 amide bonds. The van der Waals surface area contributed by atoms with Crippen LogP contribution in [0.3, 0.4) is 0 Å². The number of rotatable bonds is 4. The predicted octanol–water partition coefficient (Wildman–Crippen LogP) is 1.03. The Kier molecular flexibility index (Phi) is 3.96. The summed E-state index contributed by atoms with van der Waals surface area (Å²) in [6.07, 6.45) is 8.47. The SMILES string of the molecule is O=C(O)Cn1cc(C(=O)NC2CCCCC2)cn1. The van der Waals surface area contributed by atoms with Gasteiger partial charge in [0, 0.05) is 12.2 Å². The highest BCUT2D eigenvalue weighted by atomic mass is 16.4. The maximum atomic E-state index is 11.9. The van der Waals surface area contributed by atoms with Crippen molar-refractivity contribution in [2.75, 3.05) is 0 Å². The highest BCUT2D eigenvalue weighted by Crippen LogP contribution is 2.17. The van der Waals surface area contributed by atoms with Crippen LogP contribution in [0, 0.1) is 0 Å². The Labute approximate surface area is 105 Å². The summed E-state index contributed by atoms with van der Waals surface area (Å²) >= 11 is 0. The first-order chi connectivity index (χ1) is 8.65. The molecule has 1 heterocycles. The standard InChI is InChI=1S/C12H17N3O3/c16-11(17)8-15-7-9(6-13-15)12(18)14-10-4-2-1-3-5-10/h6-7,10H,1-5,8H2,(H,14,18)(H,16,17). The first-order valence-corrected chi connectivity index (χ1v) is 6.20. The number of hydrogen-bond acceptors (Lipinski definition) is 3. The van der Waals surface area contributed by atoms with Crippen LogP contribution in [0.25, 0.3) is 0 Å². The molecule has 0 bridgehead atoms. The predicted molar refractivity (Wildman–Crippen MR) is 64.2 cm³/mol. The molecular formula is C12H17N3O3. The molecule has 1 aliphatic rings. The van der Waals surface area contributed by atoms with Crippen LogP contribution in [0.2, 0.25) is 0 Å². The molecule has 1 aliphatic carbocycles. The summed E-state index contributed by atoms with van der Waals surface area (Å²) < 4.78 is 1.25. The van der Waals surface area contributed by atoms with Crippen molar-refractivity contribution in [2.45, 2.75) is 44.7 Å². The molecule has 0 spiro atoms. The van der Waals surface area contributed by atoms with Crippen molar-refractivity contribution in [3.8, 4) is 0 Å². The molecule has 0 unspecified atom stereocenters. The van der Waals surface area contributed by atoms with Crippen molar-refractivity contribution < 1.29 is 14.7 Å². The topological polar surface area (TPSA) is 84.2 Å². The van der Waals surface area contributed by atoms with Crippen LogP contribution in [-0.4, -0.2) is 32.8 Å². The van der Waals surface area contributed by atoms with Crippen molar-refractivity contribution in [2.24, 2.45) is 0 Å². The number of carbonyl (C=O) groups excluding carboxylic acids is 1. The number of carboxylic acids is 1. The molecule has 1 saturated carbocycles. The van der Waals surface area contributed by atoms with Gasteiger partial charge in [0.15, 0.2) is 0 Å². The van der Waals surface area contributed by atoms with E-state index in [2.05, 4.69) is 10.4 Å². The Balaban J connectivity index is 1.91. The minimum atomic E-state index is -0.975. The summed E-state index contributed by atoms with van der Waals surface area (Å²) in [6, 6.07) is 0.245. The lowest BCUT2D eigenvalue weighted by molar-refractivity contribution is -0.137. The number of hydrogen-bond donors (Lipinski definition) is 2. The lowest BCUT2D eigenvalue weighted by Gasteiger charge is -2.22. The molecule has 1 aromatic heterocycles. The highest BCUT2D eigenvalue weighted by Gasteiger charge is 2.17. The van der Waals surface area contributed by atoms with E-state index in [0.717, 1.165) is 25.7 Å². The summed E-state index contributed by atoms with van der Waals surface area (Å²) in [6.45, 7) is -0.225. The Morgan fingerprint density at radius 1 is 1.39 bits per heavy atom. The second-order valence-electron chi connectivity index (χ2n) is 4.63. The molecule has 98 valence electrons. The monoisotopic (exact) mass is 251 g/mol. The van der Waals surface area contributed by atoms with Gasteiger partial charge in [-0.2, -0.15) is 5.10 Å². The van der Waals surface area contributed by atoms with Gasteiger partial charge in [0.25, 0.3) is 5.91 Å². The van der Waals surface area contributed by atoms with E-state index in [1.165, 1.54) is 23.5 Å². The highest BCUT2D eigenvalue weighted by molar-refractivity contribution is 5.93. The zero-order chi connectivity index (χ0) is 13.0. The lowest BCUT2D eigenvalue weighted by atomic mass is 9.95. The second kappa shape index (κ2) is 5.66. The molecule has 0 aromatic carbocycles. The quantitative estimate of drug-likeness (QED) is 0.837. The fourth-order valence-electron chi connectivity index (χ4n) is 2.22. The maximum Gasteiger partial charge on any atom is 0.325 e. The van der Waals surface area contributed by atoms with Crippen LogP contribution in [0.1, 0.15) is 42.5 Å². The van der Waals surface area contributed by atoms with Crippen LogP contribution in [0.5, 0.6) is 0 Å². The third-order valence-electron chi connectivity index (χ3n) is 3.13. The van der Waals surface area contributed by atoms with E-state index in [-0.39, 0.29) is 18.5 Å². The van der Waals surface area contributed by atoms with Gasteiger partial charge < -0.3 is 10.4 Å². The number of aromatic nitrogens is 2. The summed E-state index contributed by atoms with van der Waals surface area (Å²) in [5.74, 6) is -1.14. The minimum Gasteiger partial charge on any atom is -0.480 e. The van der Waals surface area contributed by atoms with E-state index < -0.39 is 5.97 Å². The van der Waals surface area contributed by atoms with Gasteiger partial charge in [-0.1, -0.05) is 19.3 Å². The summed E-state index contributed by atoms with van der Waals surface area (Å²) in [5.41, 5.74) is 0.418. The molecule has 0 aliphatic heterocycles. The fourth-order valence-corrected chi connectivity index (χ4v) is 2.22. The third-order valence-corrected chi connectivity index (χ3v) is 3.13. The average Bonchev–Trinajstić information content (AvgIpc) is 2.78. The van der Waals surface area contributed by atoms with Crippen LogP contribution < -0.4 is 5.32 Å². The first kappa shape index (κ1) is 12.6. The average molecular weight is 251 g/mol.